The van der Waals surface area contributed by atoms with E-state index in [4.69, 9.17) is 5.41 Å². The van der Waals surface area contributed by atoms with Crippen LogP contribution in [0.5, 0.6) is 0 Å². The molecule has 1 fully saturated rings. The number of nitrogens with zero attached hydrogens (tertiary/aromatic N) is 1. The van der Waals surface area contributed by atoms with Gasteiger partial charge in [-0.2, -0.15) is 0 Å². The molecule has 2 rings (SSSR count). The first-order valence-electron chi connectivity index (χ1n) is 6.13. The number of para-hydroxylation sites is 1. The Labute approximate surface area is 97.8 Å². The van der Waals surface area contributed by atoms with Crippen molar-refractivity contribution < 1.29 is 0 Å². The Kier molecular flexibility index (Phi) is 3.28. The highest BCUT2D eigenvalue weighted by Crippen LogP contribution is 2.26. The fraction of sp³-hybridized carbons (Fsp3) is 0.500. The average Bonchev–Trinajstić information content (AvgIpc) is 2.81. The lowest BCUT2D eigenvalue weighted by Crippen LogP contribution is -2.21. The maximum Gasteiger partial charge on any atom is 0.0458 e. The summed E-state index contributed by atoms with van der Waals surface area (Å²) in [5.74, 6) is 0.295. The van der Waals surface area contributed by atoms with Gasteiger partial charge in [0.05, 0.1) is 0 Å². The van der Waals surface area contributed by atoms with E-state index in [1.54, 1.807) is 0 Å². The van der Waals surface area contributed by atoms with E-state index < -0.39 is 0 Å². The summed E-state index contributed by atoms with van der Waals surface area (Å²) < 4.78 is 0. The molecule has 0 spiro atoms. The predicted molar refractivity (Wildman–Crippen MR) is 69.6 cm³/mol. The zero-order chi connectivity index (χ0) is 11.5. The normalized spacial score (nSPS) is 15.8. The fourth-order valence-corrected chi connectivity index (χ4v) is 2.25. The van der Waals surface area contributed by atoms with Gasteiger partial charge in [0.25, 0.3) is 0 Å². The van der Waals surface area contributed by atoms with E-state index >= 15 is 0 Å². The quantitative estimate of drug-likeness (QED) is 0.771. The molecule has 1 aliphatic heterocycles. The molecule has 0 radical (unpaired) electrons. The zero-order valence-electron chi connectivity index (χ0n) is 10.2. The van der Waals surface area contributed by atoms with Crippen LogP contribution in [0.3, 0.4) is 0 Å². The number of hydrogen-bond acceptors (Lipinski definition) is 2. The minimum atomic E-state index is 0.295. The maximum atomic E-state index is 8.16. The number of rotatable bonds is 3. The third kappa shape index (κ3) is 2.11. The Hall–Kier alpha value is -1.31. The molecule has 0 amide bonds. The van der Waals surface area contributed by atoms with Crippen LogP contribution in [0, 0.1) is 11.3 Å². The summed E-state index contributed by atoms with van der Waals surface area (Å²) >= 11 is 0. The highest BCUT2D eigenvalue weighted by Gasteiger charge is 2.18. The molecule has 86 valence electrons. The van der Waals surface area contributed by atoms with Crippen LogP contribution in [0.1, 0.15) is 32.3 Å². The molecule has 0 aromatic heterocycles. The summed E-state index contributed by atoms with van der Waals surface area (Å²) in [5, 5.41) is 8.16. The maximum absolute atomic E-state index is 8.16. The Bertz CT molecular complexity index is 376. The topological polar surface area (TPSA) is 27.1 Å². The third-order valence-electron chi connectivity index (χ3n) is 3.22. The molecule has 0 aliphatic carbocycles. The minimum absolute atomic E-state index is 0.295. The van der Waals surface area contributed by atoms with Crippen molar-refractivity contribution in [2.45, 2.75) is 26.7 Å². The van der Waals surface area contributed by atoms with Crippen molar-refractivity contribution in [1.82, 2.24) is 0 Å². The van der Waals surface area contributed by atoms with Crippen LogP contribution in [-0.2, 0) is 0 Å². The molecular formula is C14H20N2. The van der Waals surface area contributed by atoms with E-state index in [2.05, 4.69) is 36.9 Å². The van der Waals surface area contributed by atoms with Gasteiger partial charge in [0.2, 0.25) is 0 Å². The third-order valence-corrected chi connectivity index (χ3v) is 3.22. The molecule has 1 aromatic rings. The largest absolute Gasteiger partial charge is 0.371 e. The van der Waals surface area contributed by atoms with Gasteiger partial charge in [-0.05, 0) is 24.8 Å². The van der Waals surface area contributed by atoms with Crippen LogP contribution in [0.4, 0.5) is 5.69 Å². The monoisotopic (exact) mass is 216 g/mol. The molecule has 16 heavy (non-hydrogen) atoms. The summed E-state index contributed by atoms with van der Waals surface area (Å²) in [7, 11) is 0. The molecule has 2 heteroatoms. The smallest absolute Gasteiger partial charge is 0.0458 e. The first kappa shape index (κ1) is 11.2. The lowest BCUT2D eigenvalue weighted by atomic mass is 9.98. The Morgan fingerprint density at radius 3 is 2.44 bits per heavy atom. The number of benzene rings is 1. The van der Waals surface area contributed by atoms with Crippen LogP contribution in [0.2, 0.25) is 0 Å². The van der Waals surface area contributed by atoms with Gasteiger partial charge in [-0.15, -0.1) is 0 Å². The van der Waals surface area contributed by atoms with E-state index in [-0.39, 0.29) is 0 Å². The molecule has 0 saturated carbocycles. The Balaban J connectivity index is 2.33. The summed E-state index contributed by atoms with van der Waals surface area (Å²) in [4.78, 5) is 2.41. The van der Waals surface area contributed by atoms with Crippen molar-refractivity contribution >= 4 is 11.4 Å². The van der Waals surface area contributed by atoms with Crippen molar-refractivity contribution in [3.63, 3.8) is 0 Å². The summed E-state index contributed by atoms with van der Waals surface area (Å²) in [6, 6.07) is 8.34. The van der Waals surface area contributed by atoms with E-state index in [1.165, 1.54) is 18.5 Å². The first-order valence-corrected chi connectivity index (χ1v) is 6.13. The second kappa shape index (κ2) is 4.69. The van der Waals surface area contributed by atoms with Crippen molar-refractivity contribution in [3.8, 4) is 0 Å². The van der Waals surface area contributed by atoms with Crippen LogP contribution in [0.15, 0.2) is 24.3 Å². The fourth-order valence-electron chi connectivity index (χ4n) is 2.25. The van der Waals surface area contributed by atoms with Gasteiger partial charge in [-0.1, -0.05) is 32.0 Å². The predicted octanol–water partition coefficient (Wildman–Crippen LogP) is 3.31. The second-order valence-corrected chi connectivity index (χ2v) is 4.78. The van der Waals surface area contributed by atoms with Crippen molar-refractivity contribution in [3.05, 3.63) is 29.8 Å². The molecule has 0 bridgehead atoms. The van der Waals surface area contributed by atoms with Gasteiger partial charge in [-0.3, -0.25) is 0 Å². The van der Waals surface area contributed by atoms with E-state index in [9.17, 15) is 0 Å². The lowest BCUT2D eigenvalue weighted by molar-refractivity contribution is 0.874. The van der Waals surface area contributed by atoms with Crippen molar-refractivity contribution in [2.24, 2.45) is 5.92 Å². The molecular weight excluding hydrogens is 196 g/mol. The lowest BCUT2D eigenvalue weighted by Gasteiger charge is -2.22. The average molecular weight is 216 g/mol. The van der Waals surface area contributed by atoms with Gasteiger partial charge in [-0.25, -0.2) is 0 Å². The molecule has 1 saturated heterocycles. The summed E-state index contributed by atoms with van der Waals surface area (Å²) in [5.41, 5.74) is 3.11. The minimum Gasteiger partial charge on any atom is -0.371 e. The zero-order valence-corrected chi connectivity index (χ0v) is 10.2. The van der Waals surface area contributed by atoms with Gasteiger partial charge < -0.3 is 10.3 Å². The Morgan fingerprint density at radius 2 is 1.81 bits per heavy atom. The van der Waals surface area contributed by atoms with Crippen molar-refractivity contribution in [2.75, 3.05) is 18.0 Å². The molecule has 2 nitrogen and oxygen atoms in total. The molecule has 0 atom stereocenters. The Morgan fingerprint density at radius 1 is 1.19 bits per heavy atom. The molecule has 1 aliphatic rings. The first-order chi connectivity index (χ1) is 7.70. The van der Waals surface area contributed by atoms with Crippen LogP contribution >= 0.6 is 0 Å². The van der Waals surface area contributed by atoms with E-state index in [1.807, 2.05) is 6.07 Å². The van der Waals surface area contributed by atoms with E-state index in [0.717, 1.165) is 24.4 Å². The number of hydrogen-bond donors (Lipinski definition) is 1. The van der Waals surface area contributed by atoms with Gasteiger partial charge in [0.1, 0.15) is 0 Å². The highest BCUT2D eigenvalue weighted by molar-refractivity contribution is 6.04. The molecule has 1 aromatic carbocycles. The molecule has 1 N–H and O–H groups in total. The molecule has 0 unspecified atom stereocenters. The van der Waals surface area contributed by atoms with Crippen LogP contribution in [0.25, 0.3) is 0 Å². The van der Waals surface area contributed by atoms with Gasteiger partial charge in [0.15, 0.2) is 0 Å². The van der Waals surface area contributed by atoms with Gasteiger partial charge in [0, 0.05) is 30.1 Å². The summed E-state index contributed by atoms with van der Waals surface area (Å²) in [6.45, 7) is 6.46. The van der Waals surface area contributed by atoms with Gasteiger partial charge >= 0.3 is 0 Å². The summed E-state index contributed by atoms with van der Waals surface area (Å²) in [6.07, 6.45) is 2.56. The van der Waals surface area contributed by atoms with Crippen molar-refractivity contribution in [1.29, 1.82) is 5.41 Å². The number of nitrogens with one attached hydrogen (secondary N) is 1. The SMILES string of the molecule is CC(C)C(=N)c1ccccc1N1CCCC1. The van der Waals surface area contributed by atoms with Crippen LogP contribution in [-0.4, -0.2) is 18.8 Å². The van der Waals surface area contributed by atoms with Crippen LogP contribution < -0.4 is 4.90 Å². The standard InChI is InChI=1S/C14H20N2/c1-11(2)14(15)12-7-3-4-8-13(12)16-9-5-6-10-16/h3-4,7-8,11,15H,5-6,9-10H2,1-2H3. The second-order valence-electron chi connectivity index (χ2n) is 4.78. The van der Waals surface area contributed by atoms with E-state index in [0.29, 0.717) is 5.92 Å². The number of anilines is 1. The molecule has 1 heterocycles. The highest BCUT2D eigenvalue weighted by atomic mass is 15.1.